The number of benzene rings is 1. The third kappa shape index (κ3) is 6.72. The van der Waals surface area contributed by atoms with Crippen molar-refractivity contribution in [3.05, 3.63) is 59.7 Å². The summed E-state index contributed by atoms with van der Waals surface area (Å²) in [6.45, 7) is 2.77. The third-order valence-electron chi connectivity index (χ3n) is 4.00. The van der Waals surface area contributed by atoms with Crippen molar-refractivity contribution in [1.29, 1.82) is 0 Å². The van der Waals surface area contributed by atoms with Gasteiger partial charge in [-0.1, -0.05) is 55.5 Å². The van der Waals surface area contributed by atoms with Crippen LogP contribution >= 0.6 is 0 Å². The maximum atomic E-state index is 12.3. The lowest BCUT2D eigenvalue weighted by Crippen LogP contribution is -2.49. The van der Waals surface area contributed by atoms with Gasteiger partial charge in [0.25, 0.3) is 0 Å². The Bertz CT molecular complexity index is 655. The Kier molecular flexibility index (Phi) is 7.89. The quantitative estimate of drug-likeness (QED) is 0.749. The summed E-state index contributed by atoms with van der Waals surface area (Å²) < 4.78 is 10.3. The topological polar surface area (TPSA) is 76.7 Å². The molecule has 0 radical (unpaired) electrons. The maximum Gasteiger partial charge on any atom is 0.408 e. The van der Waals surface area contributed by atoms with Crippen LogP contribution in [-0.4, -0.2) is 38.4 Å². The smallest absolute Gasteiger partial charge is 0.408 e. The lowest BCUT2D eigenvalue weighted by atomic mass is 9.97. The summed E-state index contributed by atoms with van der Waals surface area (Å²) in [5, 5.41) is 5.35. The average Bonchev–Trinajstić information content (AvgIpc) is 2.65. The molecule has 1 aliphatic rings. The molecule has 0 saturated carbocycles. The Morgan fingerprint density at radius 1 is 1.27 bits per heavy atom. The zero-order valence-electron chi connectivity index (χ0n) is 15.2. The van der Waals surface area contributed by atoms with E-state index in [4.69, 9.17) is 9.47 Å². The van der Waals surface area contributed by atoms with Crippen LogP contribution in [0.2, 0.25) is 0 Å². The largest absolute Gasteiger partial charge is 0.445 e. The van der Waals surface area contributed by atoms with Gasteiger partial charge in [0.15, 0.2) is 0 Å². The molecule has 2 amide bonds. The summed E-state index contributed by atoms with van der Waals surface area (Å²) in [5.74, 6) is 0.118. The lowest BCUT2D eigenvalue weighted by Gasteiger charge is -2.19. The van der Waals surface area contributed by atoms with Crippen molar-refractivity contribution >= 4 is 12.0 Å². The predicted octanol–water partition coefficient (Wildman–Crippen LogP) is 2.57. The van der Waals surface area contributed by atoms with E-state index in [1.54, 1.807) is 0 Å². The van der Waals surface area contributed by atoms with Crippen molar-refractivity contribution in [2.24, 2.45) is 5.92 Å². The van der Waals surface area contributed by atoms with E-state index in [2.05, 4.69) is 23.6 Å². The first kappa shape index (κ1) is 19.7. The number of methoxy groups -OCH3 is 1. The first-order valence-corrected chi connectivity index (χ1v) is 8.68. The number of hydrogen-bond donors (Lipinski definition) is 2. The predicted molar refractivity (Wildman–Crippen MR) is 99.4 cm³/mol. The molecule has 0 heterocycles. The van der Waals surface area contributed by atoms with Crippen molar-refractivity contribution in [2.75, 3.05) is 20.3 Å². The van der Waals surface area contributed by atoms with Gasteiger partial charge in [0.1, 0.15) is 12.6 Å². The molecule has 6 nitrogen and oxygen atoms in total. The molecule has 6 heteroatoms. The van der Waals surface area contributed by atoms with Crippen LogP contribution in [0.25, 0.3) is 0 Å². The van der Waals surface area contributed by atoms with Crippen LogP contribution in [0.15, 0.2) is 54.1 Å². The highest BCUT2D eigenvalue weighted by Gasteiger charge is 2.21. The second-order valence-corrected chi connectivity index (χ2v) is 6.32. The van der Waals surface area contributed by atoms with Crippen molar-refractivity contribution in [1.82, 2.24) is 10.6 Å². The normalized spacial score (nSPS) is 17.2. The van der Waals surface area contributed by atoms with Gasteiger partial charge in [-0.3, -0.25) is 4.79 Å². The Balaban J connectivity index is 1.80. The zero-order chi connectivity index (χ0) is 18.8. The first-order chi connectivity index (χ1) is 12.6. The second kappa shape index (κ2) is 10.4. The van der Waals surface area contributed by atoms with E-state index in [-0.39, 0.29) is 19.1 Å². The van der Waals surface area contributed by atoms with E-state index in [1.165, 1.54) is 7.11 Å². The van der Waals surface area contributed by atoms with Crippen LogP contribution in [0.5, 0.6) is 0 Å². The summed E-state index contributed by atoms with van der Waals surface area (Å²) in [6.07, 6.45) is 6.25. The Morgan fingerprint density at radius 3 is 2.73 bits per heavy atom. The molecule has 0 bridgehead atoms. The molecule has 0 fully saturated rings. The molecule has 2 atom stereocenters. The molecule has 1 aromatic carbocycles. The molecular formula is C20H26N2O4. The molecule has 140 valence electrons. The van der Waals surface area contributed by atoms with Gasteiger partial charge in [-0.2, -0.15) is 0 Å². The highest BCUT2D eigenvalue weighted by molar-refractivity contribution is 5.85. The number of carbonyl (C=O) groups is 2. The molecule has 2 rings (SSSR count). The molecular weight excluding hydrogens is 332 g/mol. The van der Waals surface area contributed by atoms with Crippen LogP contribution in [0.4, 0.5) is 4.79 Å². The minimum absolute atomic E-state index is 0.0677. The molecule has 0 spiro atoms. The van der Waals surface area contributed by atoms with Crippen molar-refractivity contribution in [2.45, 2.75) is 25.9 Å². The van der Waals surface area contributed by atoms with Crippen LogP contribution < -0.4 is 10.6 Å². The number of nitrogens with one attached hydrogen (secondary N) is 2. The summed E-state index contributed by atoms with van der Waals surface area (Å²) >= 11 is 0. The number of amides is 2. The molecule has 2 N–H and O–H groups in total. The van der Waals surface area contributed by atoms with Crippen molar-refractivity contribution in [3.63, 3.8) is 0 Å². The number of allylic oxidation sites excluding steroid dienone is 3. The van der Waals surface area contributed by atoms with Crippen molar-refractivity contribution in [3.8, 4) is 0 Å². The number of hydrogen-bond acceptors (Lipinski definition) is 4. The highest BCUT2D eigenvalue weighted by Crippen LogP contribution is 2.17. The van der Waals surface area contributed by atoms with Gasteiger partial charge < -0.3 is 20.1 Å². The number of carbonyl (C=O) groups excluding carboxylic acids is 2. The summed E-state index contributed by atoms with van der Waals surface area (Å²) in [4.78, 5) is 24.3. The molecule has 1 aromatic rings. The SMILES string of the molecule is COCC(NC(=O)OCC1=CC=CC(C)C1)C(=O)NCc1ccccc1. The standard InChI is InChI=1S/C20H26N2O4/c1-15-7-6-10-17(11-15)13-26-20(24)22-18(14-25-2)19(23)21-12-16-8-4-3-5-9-16/h3-10,15,18H,11-14H2,1-2H3,(H,21,23)(H,22,24). The van der Waals surface area contributed by atoms with Crippen LogP contribution in [0.1, 0.15) is 18.9 Å². The average molecular weight is 358 g/mol. The molecule has 26 heavy (non-hydrogen) atoms. The van der Waals surface area contributed by atoms with Crippen molar-refractivity contribution < 1.29 is 19.1 Å². The van der Waals surface area contributed by atoms with Gasteiger partial charge in [-0.05, 0) is 23.5 Å². The van der Waals surface area contributed by atoms with Gasteiger partial charge in [0, 0.05) is 13.7 Å². The fourth-order valence-electron chi connectivity index (χ4n) is 2.64. The number of rotatable bonds is 8. The Hall–Kier alpha value is -2.60. The highest BCUT2D eigenvalue weighted by atomic mass is 16.5. The maximum absolute atomic E-state index is 12.3. The van der Waals surface area contributed by atoms with E-state index < -0.39 is 12.1 Å². The Morgan fingerprint density at radius 2 is 2.04 bits per heavy atom. The van der Waals surface area contributed by atoms with Gasteiger partial charge >= 0.3 is 6.09 Å². The molecule has 2 unspecified atom stereocenters. The molecule has 0 saturated heterocycles. The van der Waals surface area contributed by atoms with Crippen LogP contribution in [0, 0.1) is 5.92 Å². The molecule has 1 aliphatic carbocycles. The van der Waals surface area contributed by atoms with E-state index >= 15 is 0 Å². The third-order valence-corrected chi connectivity index (χ3v) is 4.00. The first-order valence-electron chi connectivity index (χ1n) is 8.68. The Labute approximate surface area is 154 Å². The minimum atomic E-state index is -0.810. The zero-order valence-corrected chi connectivity index (χ0v) is 15.2. The van der Waals surface area contributed by atoms with Gasteiger partial charge in [-0.15, -0.1) is 0 Å². The molecule has 0 aliphatic heterocycles. The fourth-order valence-corrected chi connectivity index (χ4v) is 2.64. The fraction of sp³-hybridized carbons (Fsp3) is 0.400. The number of ether oxygens (including phenoxy) is 2. The van der Waals surface area contributed by atoms with Gasteiger partial charge in [0.2, 0.25) is 5.91 Å². The summed E-state index contributed by atoms with van der Waals surface area (Å²) in [6, 6.07) is 8.74. The monoisotopic (exact) mass is 358 g/mol. The number of alkyl carbamates (subject to hydrolysis) is 1. The van der Waals surface area contributed by atoms with E-state index in [0.29, 0.717) is 12.5 Å². The van der Waals surface area contributed by atoms with Gasteiger partial charge in [-0.25, -0.2) is 4.79 Å². The molecule has 0 aromatic heterocycles. The van der Waals surface area contributed by atoms with Gasteiger partial charge in [0.05, 0.1) is 6.61 Å². The summed E-state index contributed by atoms with van der Waals surface area (Å²) in [7, 11) is 1.48. The minimum Gasteiger partial charge on any atom is -0.445 e. The van der Waals surface area contributed by atoms with Crippen LogP contribution in [-0.2, 0) is 20.8 Å². The second-order valence-electron chi connectivity index (χ2n) is 6.32. The van der Waals surface area contributed by atoms with Crippen LogP contribution in [0.3, 0.4) is 0 Å². The summed E-state index contributed by atoms with van der Waals surface area (Å²) in [5.41, 5.74) is 2.03. The van der Waals surface area contributed by atoms with E-state index in [0.717, 1.165) is 17.6 Å². The lowest BCUT2D eigenvalue weighted by molar-refractivity contribution is -0.124. The van der Waals surface area contributed by atoms with E-state index in [1.807, 2.05) is 42.5 Å². The van der Waals surface area contributed by atoms with E-state index in [9.17, 15) is 9.59 Å².